The highest BCUT2D eigenvalue weighted by molar-refractivity contribution is 7.84. The zero-order valence-electron chi connectivity index (χ0n) is 11.1. The number of methoxy groups -OCH3 is 1. The fourth-order valence-electron chi connectivity index (χ4n) is 1.78. The quantitative estimate of drug-likeness (QED) is 0.815. The molecule has 0 amide bonds. The molecular weight excluding hydrogens is 298 g/mol. The molecular formula is C15H12F2O3S. The molecule has 1 unspecified atom stereocenters. The summed E-state index contributed by atoms with van der Waals surface area (Å²) in [6.07, 6.45) is 0. The van der Waals surface area contributed by atoms with Crippen LogP contribution in [0, 0.1) is 11.6 Å². The van der Waals surface area contributed by atoms with Crippen LogP contribution in [0.25, 0.3) is 0 Å². The van der Waals surface area contributed by atoms with E-state index in [1.807, 2.05) is 0 Å². The SMILES string of the molecule is COC(=O)c1ccc(CS(=O)c2ccccc2F)cc1F. The largest absolute Gasteiger partial charge is 0.465 e. The Bertz CT molecular complexity index is 701. The summed E-state index contributed by atoms with van der Waals surface area (Å²) in [5.41, 5.74) is 0.208. The van der Waals surface area contributed by atoms with E-state index >= 15 is 0 Å². The van der Waals surface area contributed by atoms with Gasteiger partial charge in [0, 0.05) is 0 Å². The molecule has 0 aliphatic rings. The predicted molar refractivity (Wildman–Crippen MR) is 74.3 cm³/mol. The zero-order chi connectivity index (χ0) is 15.4. The monoisotopic (exact) mass is 310 g/mol. The van der Waals surface area contributed by atoms with Gasteiger partial charge in [0.05, 0.1) is 34.1 Å². The number of halogens is 2. The maximum absolute atomic E-state index is 13.7. The number of hydrogen-bond acceptors (Lipinski definition) is 3. The van der Waals surface area contributed by atoms with Gasteiger partial charge in [0.25, 0.3) is 0 Å². The van der Waals surface area contributed by atoms with E-state index in [9.17, 15) is 17.8 Å². The average Bonchev–Trinajstić information content (AvgIpc) is 2.47. The molecule has 3 nitrogen and oxygen atoms in total. The topological polar surface area (TPSA) is 43.4 Å². The van der Waals surface area contributed by atoms with Crippen LogP contribution in [-0.2, 0) is 21.3 Å². The van der Waals surface area contributed by atoms with Crippen LogP contribution in [0.4, 0.5) is 8.78 Å². The summed E-state index contributed by atoms with van der Waals surface area (Å²) >= 11 is 0. The van der Waals surface area contributed by atoms with Crippen LogP contribution >= 0.6 is 0 Å². The minimum absolute atomic E-state index is 0.0424. The van der Waals surface area contributed by atoms with Crippen LogP contribution in [-0.4, -0.2) is 17.3 Å². The average molecular weight is 310 g/mol. The third kappa shape index (κ3) is 3.52. The smallest absolute Gasteiger partial charge is 0.340 e. The van der Waals surface area contributed by atoms with Gasteiger partial charge in [-0.2, -0.15) is 0 Å². The number of hydrogen-bond donors (Lipinski definition) is 0. The maximum atomic E-state index is 13.7. The minimum atomic E-state index is -1.63. The first-order valence-electron chi connectivity index (χ1n) is 6.02. The predicted octanol–water partition coefficient (Wildman–Crippen LogP) is 3.06. The molecule has 2 aromatic carbocycles. The van der Waals surface area contributed by atoms with Crippen LogP contribution in [0.2, 0.25) is 0 Å². The van der Waals surface area contributed by atoms with E-state index in [0.29, 0.717) is 5.56 Å². The molecule has 0 saturated heterocycles. The van der Waals surface area contributed by atoms with Crippen molar-refractivity contribution in [3.05, 3.63) is 65.2 Å². The van der Waals surface area contributed by atoms with E-state index in [1.165, 1.54) is 30.3 Å². The Morgan fingerprint density at radius 2 is 1.86 bits per heavy atom. The van der Waals surface area contributed by atoms with Gasteiger partial charge in [-0.1, -0.05) is 18.2 Å². The molecule has 6 heteroatoms. The number of ether oxygens (including phenoxy) is 1. The van der Waals surface area contributed by atoms with Crippen molar-refractivity contribution in [3.63, 3.8) is 0 Å². The van der Waals surface area contributed by atoms with Crippen LogP contribution in [0.15, 0.2) is 47.4 Å². The number of benzene rings is 2. The van der Waals surface area contributed by atoms with Crippen LogP contribution in [0.3, 0.4) is 0 Å². The van der Waals surface area contributed by atoms with Gasteiger partial charge in [0.15, 0.2) is 0 Å². The van der Waals surface area contributed by atoms with Crippen molar-refractivity contribution in [1.29, 1.82) is 0 Å². The standard InChI is InChI=1S/C15H12F2O3S/c1-20-15(18)11-7-6-10(8-13(11)17)9-21(19)14-5-3-2-4-12(14)16/h2-8H,9H2,1H3. The molecule has 0 aromatic heterocycles. The number of rotatable bonds is 4. The maximum Gasteiger partial charge on any atom is 0.340 e. The van der Waals surface area contributed by atoms with E-state index in [-0.39, 0.29) is 16.2 Å². The van der Waals surface area contributed by atoms with Crippen LogP contribution in [0.5, 0.6) is 0 Å². The molecule has 1 atom stereocenters. The Morgan fingerprint density at radius 3 is 2.48 bits per heavy atom. The summed E-state index contributed by atoms with van der Waals surface area (Å²) in [7, 11) is -0.476. The Labute approximate surface area is 123 Å². The molecule has 0 fully saturated rings. The third-order valence-corrected chi connectivity index (χ3v) is 4.24. The van der Waals surface area contributed by atoms with Gasteiger partial charge in [-0.3, -0.25) is 4.21 Å². The molecule has 0 aliphatic carbocycles. The summed E-state index contributed by atoms with van der Waals surface area (Å²) in [4.78, 5) is 11.3. The van der Waals surface area contributed by atoms with Crippen molar-refractivity contribution in [2.24, 2.45) is 0 Å². The molecule has 0 N–H and O–H groups in total. The second-order valence-electron chi connectivity index (χ2n) is 4.23. The Balaban J connectivity index is 2.21. The molecule has 0 spiro atoms. The highest BCUT2D eigenvalue weighted by Crippen LogP contribution is 2.18. The lowest BCUT2D eigenvalue weighted by Gasteiger charge is -2.06. The van der Waals surface area contributed by atoms with E-state index in [2.05, 4.69) is 4.74 Å². The highest BCUT2D eigenvalue weighted by Gasteiger charge is 2.15. The molecule has 0 saturated carbocycles. The van der Waals surface area contributed by atoms with Crippen LogP contribution < -0.4 is 0 Å². The third-order valence-electron chi connectivity index (χ3n) is 2.82. The first-order valence-corrected chi connectivity index (χ1v) is 7.34. The van der Waals surface area contributed by atoms with E-state index < -0.39 is 28.4 Å². The van der Waals surface area contributed by atoms with Gasteiger partial charge >= 0.3 is 5.97 Å². The summed E-state index contributed by atoms with van der Waals surface area (Å²) in [6.45, 7) is 0. The summed E-state index contributed by atoms with van der Waals surface area (Å²) < 4.78 is 43.8. The van der Waals surface area contributed by atoms with Gasteiger partial charge in [-0.25, -0.2) is 13.6 Å². The Kier molecular flexibility index (Phi) is 4.80. The number of carbonyl (C=O) groups excluding carboxylic acids is 1. The highest BCUT2D eigenvalue weighted by atomic mass is 32.2. The fourth-order valence-corrected chi connectivity index (χ4v) is 2.94. The molecule has 2 rings (SSSR count). The second kappa shape index (κ2) is 6.58. The summed E-state index contributed by atoms with van der Waals surface area (Å²) in [5.74, 6) is -2.15. The van der Waals surface area contributed by atoms with Gasteiger partial charge in [-0.15, -0.1) is 0 Å². The van der Waals surface area contributed by atoms with Crippen LogP contribution in [0.1, 0.15) is 15.9 Å². The van der Waals surface area contributed by atoms with Crippen molar-refractivity contribution in [2.45, 2.75) is 10.6 Å². The minimum Gasteiger partial charge on any atom is -0.465 e. The van der Waals surface area contributed by atoms with Gasteiger partial charge in [-0.05, 0) is 29.8 Å². The first kappa shape index (κ1) is 15.3. The van der Waals surface area contributed by atoms with Crippen molar-refractivity contribution in [3.8, 4) is 0 Å². The lowest BCUT2D eigenvalue weighted by Crippen LogP contribution is -2.06. The lowest BCUT2D eigenvalue weighted by atomic mass is 10.1. The molecule has 0 radical (unpaired) electrons. The molecule has 0 heterocycles. The van der Waals surface area contributed by atoms with E-state index in [4.69, 9.17) is 0 Å². The molecule has 2 aromatic rings. The zero-order valence-corrected chi connectivity index (χ0v) is 12.0. The number of esters is 1. The van der Waals surface area contributed by atoms with E-state index in [1.54, 1.807) is 6.07 Å². The molecule has 110 valence electrons. The van der Waals surface area contributed by atoms with Crippen molar-refractivity contribution >= 4 is 16.8 Å². The van der Waals surface area contributed by atoms with Gasteiger partial charge in [0.1, 0.15) is 11.6 Å². The summed E-state index contributed by atoms with van der Waals surface area (Å²) in [6, 6.07) is 9.55. The second-order valence-corrected chi connectivity index (χ2v) is 5.65. The van der Waals surface area contributed by atoms with Crippen molar-refractivity contribution in [2.75, 3.05) is 7.11 Å². The number of carbonyl (C=O) groups is 1. The molecule has 0 bridgehead atoms. The van der Waals surface area contributed by atoms with Gasteiger partial charge < -0.3 is 4.74 Å². The molecule has 21 heavy (non-hydrogen) atoms. The first-order chi connectivity index (χ1) is 10.0. The summed E-state index contributed by atoms with van der Waals surface area (Å²) in [5, 5.41) is 0. The fraction of sp³-hybridized carbons (Fsp3) is 0.133. The molecule has 0 aliphatic heterocycles. The Morgan fingerprint density at radius 1 is 1.14 bits per heavy atom. The normalized spacial score (nSPS) is 12.0. The van der Waals surface area contributed by atoms with Crippen molar-refractivity contribution in [1.82, 2.24) is 0 Å². The lowest BCUT2D eigenvalue weighted by molar-refractivity contribution is 0.0595. The van der Waals surface area contributed by atoms with Gasteiger partial charge in [0.2, 0.25) is 0 Å². The van der Waals surface area contributed by atoms with Crippen molar-refractivity contribution < 1.29 is 22.5 Å². The van der Waals surface area contributed by atoms with E-state index in [0.717, 1.165) is 13.2 Å². The Hall–Kier alpha value is -2.08.